The second-order valence-electron chi connectivity index (χ2n) is 8.21. The van der Waals surface area contributed by atoms with Crippen molar-refractivity contribution in [3.63, 3.8) is 0 Å². The largest absolute Gasteiger partial charge is 0.484 e. The van der Waals surface area contributed by atoms with Crippen LogP contribution in [-0.2, 0) is 22.7 Å². The van der Waals surface area contributed by atoms with Gasteiger partial charge in [-0.1, -0.05) is 12.1 Å². The van der Waals surface area contributed by atoms with Gasteiger partial charge in [-0.05, 0) is 36.8 Å². The van der Waals surface area contributed by atoms with E-state index < -0.39 is 51.9 Å². The molecule has 0 bridgehead atoms. The van der Waals surface area contributed by atoms with Gasteiger partial charge in [0.2, 0.25) is 10.0 Å². The Balaban J connectivity index is 1.71. The summed E-state index contributed by atoms with van der Waals surface area (Å²) < 4.78 is 96.8. The lowest BCUT2D eigenvalue weighted by molar-refractivity contribution is -0.137. The fourth-order valence-electron chi connectivity index (χ4n) is 3.49. The van der Waals surface area contributed by atoms with Crippen molar-refractivity contribution in [2.24, 2.45) is 0 Å². The van der Waals surface area contributed by atoms with Crippen LogP contribution in [0.1, 0.15) is 36.1 Å². The third-order valence-electron chi connectivity index (χ3n) is 5.08. The third-order valence-corrected chi connectivity index (χ3v) is 5.67. The van der Waals surface area contributed by atoms with E-state index in [4.69, 9.17) is 4.74 Å². The van der Waals surface area contributed by atoms with Gasteiger partial charge in [-0.2, -0.15) is 13.2 Å². The van der Waals surface area contributed by atoms with Gasteiger partial charge in [0.1, 0.15) is 23.8 Å². The Labute approximate surface area is 192 Å². The molecule has 1 aliphatic rings. The number of carbonyl (C=O) groups is 1. The zero-order chi connectivity index (χ0) is 25.3. The average molecular weight is 507 g/mol. The lowest BCUT2D eigenvalue weighted by Crippen LogP contribution is -2.46. The number of ether oxygens (including phenoxy) is 1. The minimum atomic E-state index is -4.62. The number of fused-ring (bicyclic) bond motifs is 1. The van der Waals surface area contributed by atoms with Gasteiger partial charge in [-0.3, -0.25) is 4.72 Å². The van der Waals surface area contributed by atoms with Crippen LogP contribution < -0.4 is 20.1 Å². The Morgan fingerprint density at radius 2 is 1.91 bits per heavy atom. The zero-order valence-electron chi connectivity index (χ0n) is 18.1. The molecule has 2 aromatic carbocycles. The summed E-state index contributed by atoms with van der Waals surface area (Å²) >= 11 is 0. The highest BCUT2D eigenvalue weighted by molar-refractivity contribution is 7.92. The van der Waals surface area contributed by atoms with Crippen molar-refractivity contribution >= 4 is 21.7 Å². The normalized spacial score (nSPS) is 20.1. The van der Waals surface area contributed by atoms with Crippen LogP contribution >= 0.6 is 0 Å². The maximum Gasteiger partial charge on any atom is 0.416 e. The van der Waals surface area contributed by atoms with Gasteiger partial charge in [-0.25, -0.2) is 22.0 Å². The van der Waals surface area contributed by atoms with Crippen molar-refractivity contribution in [1.82, 2.24) is 10.6 Å². The maximum absolute atomic E-state index is 14.1. The molecule has 2 atom stereocenters. The van der Waals surface area contributed by atoms with Crippen molar-refractivity contribution in [3.05, 3.63) is 58.9 Å². The molecular weight excluding hydrogens is 485 g/mol. The topological polar surface area (TPSA) is 96.5 Å². The number of hydrogen-bond acceptors (Lipinski definition) is 4. The van der Waals surface area contributed by atoms with Crippen molar-refractivity contribution in [2.75, 3.05) is 17.7 Å². The molecule has 13 heteroatoms. The van der Waals surface area contributed by atoms with Crippen LogP contribution in [0.3, 0.4) is 0 Å². The number of carbonyl (C=O) groups excluding carboxylic acids is 1. The van der Waals surface area contributed by atoms with Crippen molar-refractivity contribution < 1.29 is 39.9 Å². The molecule has 1 heterocycles. The molecule has 1 aliphatic heterocycles. The Hall–Kier alpha value is -3.09. The molecule has 3 N–H and O–H groups in total. The second-order valence-corrected chi connectivity index (χ2v) is 9.96. The molecule has 0 spiro atoms. The number of hydrogen-bond donors (Lipinski definition) is 3. The summed E-state index contributed by atoms with van der Waals surface area (Å²) in [5.41, 5.74) is -2.08. The number of halogens is 5. The van der Waals surface area contributed by atoms with Gasteiger partial charge in [0, 0.05) is 18.5 Å². The van der Waals surface area contributed by atoms with Crippen molar-refractivity contribution in [1.29, 1.82) is 0 Å². The summed E-state index contributed by atoms with van der Waals surface area (Å²) in [5.74, 6) is -1.02. The fraction of sp³-hybridized carbons (Fsp3) is 0.381. The maximum atomic E-state index is 14.1. The van der Waals surface area contributed by atoms with Crippen LogP contribution in [0.15, 0.2) is 36.4 Å². The average Bonchev–Trinajstić information content (AvgIpc) is 2.72. The van der Waals surface area contributed by atoms with E-state index in [0.29, 0.717) is 5.56 Å². The van der Waals surface area contributed by atoms with E-state index in [1.807, 2.05) is 4.72 Å². The Kier molecular flexibility index (Phi) is 6.97. The number of nitrogens with one attached hydrogen (secondary N) is 3. The lowest BCUT2D eigenvalue weighted by atomic mass is 9.88. The molecule has 34 heavy (non-hydrogen) atoms. The molecule has 0 radical (unpaired) electrons. The molecule has 7 nitrogen and oxygen atoms in total. The van der Waals surface area contributed by atoms with Gasteiger partial charge in [-0.15, -0.1) is 0 Å². The minimum Gasteiger partial charge on any atom is -0.484 e. The van der Waals surface area contributed by atoms with Crippen LogP contribution in [0.5, 0.6) is 5.75 Å². The molecule has 2 aromatic rings. The van der Waals surface area contributed by atoms with E-state index in [0.717, 1.165) is 24.5 Å². The first-order chi connectivity index (χ1) is 15.7. The first kappa shape index (κ1) is 25.5. The minimum absolute atomic E-state index is 0.0320. The first-order valence-electron chi connectivity index (χ1n) is 9.96. The summed E-state index contributed by atoms with van der Waals surface area (Å²) in [6, 6.07) is 4.86. The van der Waals surface area contributed by atoms with Gasteiger partial charge < -0.3 is 15.4 Å². The smallest absolute Gasteiger partial charge is 0.416 e. The molecule has 0 fully saturated rings. The van der Waals surface area contributed by atoms with Crippen LogP contribution in [0.4, 0.5) is 32.4 Å². The number of benzene rings is 2. The van der Waals surface area contributed by atoms with Gasteiger partial charge in [0.25, 0.3) is 0 Å². The molecule has 0 saturated carbocycles. The monoisotopic (exact) mass is 507 g/mol. The molecule has 0 saturated heterocycles. The summed E-state index contributed by atoms with van der Waals surface area (Å²) in [6.07, 6.45) is -3.78. The summed E-state index contributed by atoms with van der Waals surface area (Å²) in [7, 11) is -3.67. The molecule has 0 unspecified atom stereocenters. The number of sulfonamides is 1. The van der Waals surface area contributed by atoms with E-state index in [9.17, 15) is 35.2 Å². The Morgan fingerprint density at radius 1 is 1.21 bits per heavy atom. The van der Waals surface area contributed by atoms with E-state index in [1.54, 1.807) is 0 Å². The molecule has 3 rings (SSSR count). The third kappa shape index (κ3) is 6.27. The van der Waals surface area contributed by atoms with Crippen LogP contribution in [0.25, 0.3) is 0 Å². The highest BCUT2D eigenvalue weighted by Crippen LogP contribution is 2.42. The Bertz CT molecular complexity index is 1190. The SMILES string of the molecule is C[C@]1(CF)C[C@@H](NC(=O)NCc2ccc(NS(C)(=O)=O)c(F)c2)c2ccc(C(F)(F)F)cc2O1. The highest BCUT2D eigenvalue weighted by Gasteiger charge is 2.40. The fourth-order valence-corrected chi connectivity index (χ4v) is 4.05. The number of rotatable bonds is 6. The van der Waals surface area contributed by atoms with Crippen LogP contribution in [0.2, 0.25) is 0 Å². The predicted octanol–water partition coefficient (Wildman–Crippen LogP) is 4.27. The van der Waals surface area contributed by atoms with Crippen molar-refractivity contribution in [2.45, 2.75) is 37.7 Å². The molecule has 0 aliphatic carbocycles. The second kappa shape index (κ2) is 9.28. The van der Waals surface area contributed by atoms with E-state index >= 15 is 0 Å². The number of amides is 2. The molecule has 186 valence electrons. The quantitative estimate of drug-likeness (QED) is 0.509. The van der Waals surface area contributed by atoms with E-state index in [-0.39, 0.29) is 30.0 Å². The van der Waals surface area contributed by atoms with E-state index in [2.05, 4.69) is 10.6 Å². The van der Waals surface area contributed by atoms with Crippen molar-refractivity contribution in [3.8, 4) is 5.75 Å². The van der Waals surface area contributed by atoms with Gasteiger partial charge in [0.15, 0.2) is 0 Å². The Morgan fingerprint density at radius 3 is 2.50 bits per heavy atom. The van der Waals surface area contributed by atoms with Gasteiger partial charge in [0.05, 0.1) is 23.5 Å². The van der Waals surface area contributed by atoms with Gasteiger partial charge >= 0.3 is 12.2 Å². The molecule has 0 aromatic heterocycles. The summed E-state index contributed by atoms with van der Waals surface area (Å²) in [5, 5.41) is 5.07. The molecule has 2 amide bonds. The number of anilines is 1. The first-order valence-corrected chi connectivity index (χ1v) is 11.8. The van der Waals surface area contributed by atoms with Crippen LogP contribution in [0, 0.1) is 5.82 Å². The summed E-state index contributed by atoms with van der Waals surface area (Å²) in [4.78, 5) is 12.4. The van der Waals surface area contributed by atoms with Crippen LogP contribution in [-0.4, -0.2) is 33.0 Å². The lowest BCUT2D eigenvalue weighted by Gasteiger charge is -2.38. The highest BCUT2D eigenvalue weighted by atomic mass is 32.2. The zero-order valence-corrected chi connectivity index (χ0v) is 18.9. The predicted molar refractivity (Wildman–Crippen MR) is 114 cm³/mol. The number of alkyl halides is 4. The standard InChI is InChI=1S/C21H22F5N3O4S/c1-20(11-22)9-17(14-5-4-13(21(24,25)26)8-18(14)33-20)28-19(30)27-10-12-3-6-16(15(23)7-12)29-34(2,31)32/h3-8,17,29H,9-11H2,1-2H3,(H2,27,28,30)/t17-,20-/m1/s1. The molecular formula is C21H22F5N3O4S. The number of urea groups is 1. The van der Waals surface area contributed by atoms with E-state index in [1.165, 1.54) is 25.1 Å². The summed E-state index contributed by atoms with van der Waals surface area (Å²) in [6.45, 7) is 0.263.